The summed E-state index contributed by atoms with van der Waals surface area (Å²) in [5.41, 5.74) is -0.605. The molecule has 0 fully saturated rings. The lowest BCUT2D eigenvalue weighted by molar-refractivity contribution is -0.141. The van der Waals surface area contributed by atoms with E-state index in [2.05, 4.69) is 4.98 Å². The van der Waals surface area contributed by atoms with Crippen molar-refractivity contribution in [2.24, 2.45) is 0 Å². The summed E-state index contributed by atoms with van der Waals surface area (Å²) in [7, 11) is 0. The highest BCUT2D eigenvalue weighted by atomic mass is 35.5. The Kier molecular flexibility index (Phi) is 4.51. The summed E-state index contributed by atoms with van der Waals surface area (Å²) in [5.74, 6) is -0.828. The van der Waals surface area contributed by atoms with E-state index in [-0.39, 0.29) is 23.4 Å². The number of nitrogens with one attached hydrogen (secondary N) is 1. The van der Waals surface area contributed by atoms with Gasteiger partial charge in [0.1, 0.15) is 11.4 Å². The van der Waals surface area contributed by atoms with Crippen molar-refractivity contribution in [1.82, 2.24) is 4.98 Å². The second-order valence-corrected chi connectivity index (χ2v) is 5.04. The van der Waals surface area contributed by atoms with Gasteiger partial charge in [-0.25, -0.2) is 4.79 Å². The molecule has 118 valence electrons. The Hall–Kier alpha value is -1.95. The highest BCUT2D eigenvalue weighted by Crippen LogP contribution is 2.38. The lowest BCUT2D eigenvalue weighted by Crippen LogP contribution is -2.09. The summed E-state index contributed by atoms with van der Waals surface area (Å²) in [6.07, 6.45) is -4.59. The summed E-state index contributed by atoms with van der Waals surface area (Å²) in [6, 6.07) is 6.21. The third kappa shape index (κ3) is 3.11. The molecule has 1 aromatic heterocycles. The van der Waals surface area contributed by atoms with Crippen molar-refractivity contribution >= 4 is 17.6 Å². The summed E-state index contributed by atoms with van der Waals surface area (Å²) < 4.78 is 44.0. The van der Waals surface area contributed by atoms with E-state index >= 15 is 0 Å². The topological polar surface area (TPSA) is 42.1 Å². The average Bonchev–Trinajstić information content (AvgIpc) is 2.78. The van der Waals surface area contributed by atoms with Crippen LogP contribution in [0.1, 0.15) is 28.7 Å². The number of H-pyrrole nitrogens is 1. The number of carbonyl (C=O) groups is 1. The van der Waals surface area contributed by atoms with Crippen LogP contribution < -0.4 is 0 Å². The largest absolute Gasteiger partial charge is 0.461 e. The molecule has 1 aromatic carbocycles. The Balaban J connectivity index is 2.66. The Bertz CT molecular complexity index is 690. The van der Waals surface area contributed by atoms with E-state index in [4.69, 9.17) is 16.3 Å². The number of halogens is 4. The maximum absolute atomic E-state index is 13.1. The van der Waals surface area contributed by atoms with Crippen LogP contribution in [0.2, 0.25) is 5.02 Å². The molecule has 7 heteroatoms. The van der Waals surface area contributed by atoms with E-state index in [1.54, 1.807) is 31.2 Å². The number of aromatic amines is 1. The SMILES string of the molecule is CCOC(=O)c1[nH]c(C(F)(F)F)c(C)c1-c1ccc(Cl)cc1. The van der Waals surface area contributed by atoms with Crippen LogP contribution in [0.4, 0.5) is 13.2 Å². The Morgan fingerprint density at radius 1 is 1.27 bits per heavy atom. The summed E-state index contributed by atoms with van der Waals surface area (Å²) in [4.78, 5) is 14.1. The van der Waals surface area contributed by atoms with Gasteiger partial charge in [-0.3, -0.25) is 0 Å². The van der Waals surface area contributed by atoms with Gasteiger partial charge in [0.15, 0.2) is 0 Å². The standard InChI is InChI=1S/C15H13ClF3NO2/c1-3-22-14(21)12-11(9-4-6-10(16)7-5-9)8(2)13(20-12)15(17,18)19/h4-7,20H,3H2,1-2H3. The van der Waals surface area contributed by atoms with Gasteiger partial charge < -0.3 is 9.72 Å². The molecule has 0 aliphatic rings. The number of benzene rings is 1. The fourth-order valence-corrected chi connectivity index (χ4v) is 2.34. The van der Waals surface area contributed by atoms with E-state index < -0.39 is 17.8 Å². The molecular formula is C15H13ClF3NO2. The average molecular weight is 332 g/mol. The zero-order chi connectivity index (χ0) is 16.5. The highest BCUT2D eigenvalue weighted by molar-refractivity contribution is 6.30. The molecule has 0 saturated heterocycles. The number of rotatable bonds is 3. The van der Waals surface area contributed by atoms with Gasteiger partial charge >= 0.3 is 12.1 Å². The molecule has 0 aliphatic carbocycles. The molecule has 0 saturated carbocycles. The molecular weight excluding hydrogens is 319 g/mol. The molecule has 3 nitrogen and oxygen atoms in total. The van der Waals surface area contributed by atoms with Crippen LogP contribution in [-0.4, -0.2) is 17.6 Å². The molecule has 22 heavy (non-hydrogen) atoms. The molecule has 0 radical (unpaired) electrons. The summed E-state index contributed by atoms with van der Waals surface area (Å²) in [6.45, 7) is 2.96. The van der Waals surface area contributed by atoms with E-state index in [0.29, 0.717) is 10.6 Å². The monoisotopic (exact) mass is 331 g/mol. The molecule has 0 bridgehead atoms. The minimum atomic E-state index is -4.59. The summed E-state index contributed by atoms with van der Waals surface area (Å²) >= 11 is 5.79. The maximum Gasteiger partial charge on any atom is 0.431 e. The zero-order valence-electron chi connectivity index (χ0n) is 11.8. The number of esters is 1. The smallest absolute Gasteiger partial charge is 0.431 e. The normalized spacial score (nSPS) is 11.5. The number of hydrogen-bond acceptors (Lipinski definition) is 2. The van der Waals surface area contributed by atoms with Gasteiger partial charge in [-0.15, -0.1) is 0 Å². The van der Waals surface area contributed by atoms with Crippen LogP contribution in [-0.2, 0) is 10.9 Å². The Morgan fingerprint density at radius 2 is 1.86 bits per heavy atom. The van der Waals surface area contributed by atoms with Crippen LogP contribution in [0.5, 0.6) is 0 Å². The van der Waals surface area contributed by atoms with Crippen LogP contribution in [0, 0.1) is 6.92 Å². The van der Waals surface area contributed by atoms with Crippen molar-refractivity contribution in [2.75, 3.05) is 6.61 Å². The third-order valence-corrected chi connectivity index (χ3v) is 3.40. The first-order valence-corrected chi connectivity index (χ1v) is 6.86. The quantitative estimate of drug-likeness (QED) is 0.818. The van der Waals surface area contributed by atoms with Crippen LogP contribution in [0.3, 0.4) is 0 Å². The molecule has 2 rings (SSSR count). The number of ether oxygens (including phenoxy) is 1. The first-order chi connectivity index (χ1) is 10.3. The summed E-state index contributed by atoms with van der Waals surface area (Å²) in [5, 5.41) is 0.450. The fourth-order valence-electron chi connectivity index (χ4n) is 2.21. The lowest BCUT2D eigenvalue weighted by Gasteiger charge is -2.06. The van der Waals surface area contributed by atoms with E-state index in [9.17, 15) is 18.0 Å². The van der Waals surface area contributed by atoms with E-state index in [1.165, 1.54) is 6.92 Å². The van der Waals surface area contributed by atoms with E-state index in [1.807, 2.05) is 0 Å². The van der Waals surface area contributed by atoms with Crippen molar-refractivity contribution in [3.05, 3.63) is 46.2 Å². The van der Waals surface area contributed by atoms with Crippen molar-refractivity contribution in [1.29, 1.82) is 0 Å². The van der Waals surface area contributed by atoms with Gasteiger partial charge in [0.2, 0.25) is 0 Å². The zero-order valence-corrected chi connectivity index (χ0v) is 12.6. The molecule has 2 aromatic rings. The molecule has 0 atom stereocenters. The molecule has 1 heterocycles. The van der Waals surface area contributed by atoms with Crippen LogP contribution in [0.15, 0.2) is 24.3 Å². The van der Waals surface area contributed by atoms with Crippen molar-refractivity contribution in [3.8, 4) is 11.1 Å². The predicted octanol–water partition coefficient (Wildman–Crippen LogP) is 4.84. The third-order valence-electron chi connectivity index (χ3n) is 3.15. The fraction of sp³-hybridized carbons (Fsp3) is 0.267. The number of aromatic nitrogens is 1. The minimum absolute atomic E-state index is 0.0575. The number of carbonyl (C=O) groups excluding carboxylic acids is 1. The minimum Gasteiger partial charge on any atom is -0.461 e. The predicted molar refractivity (Wildman–Crippen MR) is 76.9 cm³/mol. The lowest BCUT2D eigenvalue weighted by atomic mass is 10.0. The van der Waals surface area contributed by atoms with Gasteiger partial charge in [0.05, 0.1) is 6.61 Å². The van der Waals surface area contributed by atoms with Gasteiger partial charge in [-0.1, -0.05) is 23.7 Å². The molecule has 0 unspecified atom stereocenters. The molecule has 0 amide bonds. The van der Waals surface area contributed by atoms with Gasteiger partial charge in [0, 0.05) is 10.6 Å². The number of hydrogen-bond donors (Lipinski definition) is 1. The van der Waals surface area contributed by atoms with Crippen molar-refractivity contribution in [3.63, 3.8) is 0 Å². The van der Waals surface area contributed by atoms with Gasteiger partial charge in [-0.05, 0) is 37.1 Å². The first kappa shape index (κ1) is 16.4. The first-order valence-electron chi connectivity index (χ1n) is 6.48. The van der Waals surface area contributed by atoms with E-state index in [0.717, 1.165) is 0 Å². The second-order valence-electron chi connectivity index (χ2n) is 4.60. The van der Waals surface area contributed by atoms with Crippen molar-refractivity contribution < 1.29 is 22.7 Å². The van der Waals surface area contributed by atoms with Crippen LogP contribution in [0.25, 0.3) is 11.1 Å². The van der Waals surface area contributed by atoms with Crippen LogP contribution >= 0.6 is 11.6 Å². The Morgan fingerprint density at radius 3 is 2.36 bits per heavy atom. The molecule has 0 aliphatic heterocycles. The number of alkyl halides is 3. The second kappa shape index (κ2) is 6.04. The molecule has 0 spiro atoms. The van der Waals surface area contributed by atoms with Crippen molar-refractivity contribution in [2.45, 2.75) is 20.0 Å². The molecule has 1 N–H and O–H groups in total. The Labute approximate surface area is 130 Å². The van der Waals surface area contributed by atoms with Gasteiger partial charge in [-0.2, -0.15) is 13.2 Å². The van der Waals surface area contributed by atoms with Gasteiger partial charge in [0.25, 0.3) is 0 Å². The maximum atomic E-state index is 13.1. The highest BCUT2D eigenvalue weighted by Gasteiger charge is 2.38.